The molecule has 0 aliphatic rings. The first-order chi connectivity index (χ1) is 9.36. The van der Waals surface area contributed by atoms with Crippen LogP contribution in [0.4, 0.5) is 0 Å². The molecule has 110 valence electrons. The van der Waals surface area contributed by atoms with E-state index in [9.17, 15) is 0 Å². The van der Waals surface area contributed by atoms with Crippen LogP contribution in [0.5, 0.6) is 0 Å². The van der Waals surface area contributed by atoms with Gasteiger partial charge in [0.25, 0.3) is 0 Å². The van der Waals surface area contributed by atoms with Crippen LogP contribution in [0.2, 0.25) is 0 Å². The van der Waals surface area contributed by atoms with E-state index in [1.807, 2.05) is 6.20 Å². The van der Waals surface area contributed by atoms with E-state index < -0.39 is 0 Å². The second-order valence-electron chi connectivity index (χ2n) is 5.05. The Morgan fingerprint density at radius 3 is 2.79 bits per heavy atom. The fraction of sp³-hybridized carbons (Fsp3) is 0.800. The predicted octanol–water partition coefficient (Wildman–Crippen LogP) is 2.98. The number of nitrogens with zero attached hydrogens (tertiary/aromatic N) is 2. The molecule has 1 heterocycles. The van der Waals surface area contributed by atoms with Crippen LogP contribution in [-0.2, 0) is 17.8 Å². The average molecular weight is 267 g/mol. The summed E-state index contributed by atoms with van der Waals surface area (Å²) >= 11 is 0. The number of aromatic nitrogens is 2. The summed E-state index contributed by atoms with van der Waals surface area (Å²) in [5.41, 5.74) is 1.25. The highest BCUT2D eigenvalue weighted by Gasteiger charge is 1.98. The summed E-state index contributed by atoms with van der Waals surface area (Å²) in [6, 6.07) is 0. The van der Waals surface area contributed by atoms with Crippen LogP contribution < -0.4 is 5.32 Å². The maximum atomic E-state index is 5.00. The second-order valence-corrected chi connectivity index (χ2v) is 5.05. The Morgan fingerprint density at radius 2 is 2.00 bits per heavy atom. The number of methoxy groups -OCH3 is 1. The van der Waals surface area contributed by atoms with Crippen LogP contribution in [0.25, 0.3) is 0 Å². The van der Waals surface area contributed by atoms with Crippen molar-refractivity contribution >= 4 is 0 Å². The smallest absolute Gasteiger partial charge is 0.0587 e. The predicted molar refractivity (Wildman–Crippen MR) is 79.2 cm³/mol. The van der Waals surface area contributed by atoms with Gasteiger partial charge in [-0.15, -0.1) is 0 Å². The summed E-state index contributed by atoms with van der Waals surface area (Å²) in [4.78, 5) is 0. The molecule has 1 rings (SSSR count). The molecule has 0 spiro atoms. The van der Waals surface area contributed by atoms with Gasteiger partial charge in [0.2, 0.25) is 0 Å². The minimum Gasteiger partial charge on any atom is -0.383 e. The molecule has 0 bridgehead atoms. The van der Waals surface area contributed by atoms with E-state index in [0.29, 0.717) is 0 Å². The lowest BCUT2D eigenvalue weighted by molar-refractivity contribution is 0.199. The number of rotatable bonds is 12. The third kappa shape index (κ3) is 8.01. The summed E-state index contributed by atoms with van der Waals surface area (Å²) in [5.74, 6) is 0. The molecule has 0 aromatic carbocycles. The van der Waals surface area contributed by atoms with E-state index in [1.165, 1.54) is 44.1 Å². The molecule has 1 aromatic heterocycles. The molecule has 0 radical (unpaired) electrons. The van der Waals surface area contributed by atoms with E-state index >= 15 is 0 Å². The van der Waals surface area contributed by atoms with Gasteiger partial charge in [0, 0.05) is 38.5 Å². The fourth-order valence-electron chi connectivity index (χ4n) is 2.08. The second kappa shape index (κ2) is 11.0. The first-order valence-corrected chi connectivity index (χ1v) is 7.57. The van der Waals surface area contributed by atoms with Gasteiger partial charge >= 0.3 is 0 Å². The van der Waals surface area contributed by atoms with Crippen molar-refractivity contribution < 1.29 is 4.74 Å². The Labute approximate surface area is 117 Å². The van der Waals surface area contributed by atoms with Crippen molar-refractivity contribution in [2.75, 3.05) is 20.3 Å². The molecule has 0 aliphatic carbocycles. The quantitative estimate of drug-likeness (QED) is 0.592. The Kier molecular flexibility index (Phi) is 9.37. The maximum Gasteiger partial charge on any atom is 0.0587 e. The third-order valence-corrected chi connectivity index (χ3v) is 3.24. The Hall–Kier alpha value is -0.870. The molecule has 0 saturated heterocycles. The molecule has 0 fully saturated rings. The topological polar surface area (TPSA) is 39.1 Å². The Morgan fingerprint density at radius 1 is 1.21 bits per heavy atom. The number of hydrogen-bond donors (Lipinski definition) is 1. The number of unbranched alkanes of at least 4 members (excludes halogenated alkanes) is 5. The van der Waals surface area contributed by atoms with Crippen molar-refractivity contribution in [1.82, 2.24) is 15.1 Å². The molecule has 1 N–H and O–H groups in total. The van der Waals surface area contributed by atoms with Crippen LogP contribution in [0.1, 0.15) is 51.0 Å². The zero-order valence-corrected chi connectivity index (χ0v) is 12.5. The van der Waals surface area contributed by atoms with Gasteiger partial charge in [0.05, 0.1) is 12.8 Å². The minimum atomic E-state index is 0.756. The SMILES string of the molecule is CCCCCCCCn1cc(CNCCOC)cn1. The lowest BCUT2D eigenvalue weighted by Gasteiger charge is -2.02. The van der Waals surface area contributed by atoms with Gasteiger partial charge in [-0.3, -0.25) is 4.68 Å². The molecule has 0 unspecified atom stereocenters. The van der Waals surface area contributed by atoms with E-state index in [1.54, 1.807) is 7.11 Å². The number of nitrogens with one attached hydrogen (secondary N) is 1. The van der Waals surface area contributed by atoms with Crippen LogP contribution in [0.15, 0.2) is 12.4 Å². The monoisotopic (exact) mass is 267 g/mol. The molecule has 0 saturated carbocycles. The lowest BCUT2D eigenvalue weighted by atomic mass is 10.1. The largest absolute Gasteiger partial charge is 0.383 e. The number of aryl methyl sites for hydroxylation is 1. The summed E-state index contributed by atoms with van der Waals surface area (Å²) in [7, 11) is 1.72. The van der Waals surface area contributed by atoms with Crippen LogP contribution in [0, 0.1) is 0 Å². The van der Waals surface area contributed by atoms with Crippen molar-refractivity contribution in [1.29, 1.82) is 0 Å². The van der Waals surface area contributed by atoms with Crippen molar-refractivity contribution in [3.05, 3.63) is 18.0 Å². The van der Waals surface area contributed by atoms with Gasteiger partial charge in [0.15, 0.2) is 0 Å². The van der Waals surface area contributed by atoms with Crippen molar-refractivity contribution in [2.24, 2.45) is 0 Å². The minimum absolute atomic E-state index is 0.756. The first-order valence-electron chi connectivity index (χ1n) is 7.57. The highest BCUT2D eigenvalue weighted by molar-refractivity contribution is 5.03. The van der Waals surface area contributed by atoms with Crippen LogP contribution in [-0.4, -0.2) is 30.0 Å². The average Bonchev–Trinajstić information content (AvgIpc) is 2.87. The summed E-state index contributed by atoms with van der Waals surface area (Å²) in [5, 5.41) is 7.72. The van der Waals surface area contributed by atoms with Gasteiger partial charge < -0.3 is 10.1 Å². The molecule has 0 aliphatic heterocycles. The first kappa shape index (κ1) is 16.2. The van der Waals surface area contributed by atoms with E-state index in [-0.39, 0.29) is 0 Å². The molecule has 0 amide bonds. The standard InChI is InChI=1S/C15H29N3O/c1-3-4-5-6-7-8-10-18-14-15(13-17-18)12-16-9-11-19-2/h13-14,16H,3-12H2,1-2H3. The highest BCUT2D eigenvalue weighted by atomic mass is 16.5. The molecule has 1 aromatic rings. The molecule has 4 nitrogen and oxygen atoms in total. The molecular formula is C15H29N3O. The van der Waals surface area contributed by atoms with Gasteiger partial charge in [-0.05, 0) is 6.42 Å². The van der Waals surface area contributed by atoms with Gasteiger partial charge in [0.1, 0.15) is 0 Å². The highest BCUT2D eigenvalue weighted by Crippen LogP contribution is 2.06. The molecular weight excluding hydrogens is 238 g/mol. The number of ether oxygens (including phenoxy) is 1. The van der Waals surface area contributed by atoms with E-state index in [2.05, 4.69) is 28.2 Å². The van der Waals surface area contributed by atoms with E-state index in [4.69, 9.17) is 4.74 Å². The summed E-state index contributed by atoms with van der Waals surface area (Å²) in [6.45, 7) is 5.82. The zero-order chi connectivity index (χ0) is 13.8. The number of hydrogen-bond acceptors (Lipinski definition) is 3. The maximum absolute atomic E-state index is 5.00. The Bertz CT molecular complexity index is 312. The van der Waals surface area contributed by atoms with Crippen molar-refractivity contribution in [2.45, 2.75) is 58.5 Å². The van der Waals surface area contributed by atoms with Gasteiger partial charge in [-0.1, -0.05) is 39.0 Å². The van der Waals surface area contributed by atoms with Gasteiger partial charge in [-0.2, -0.15) is 5.10 Å². The Balaban J connectivity index is 2.06. The lowest BCUT2D eigenvalue weighted by Crippen LogP contribution is -2.18. The summed E-state index contributed by atoms with van der Waals surface area (Å²) in [6.07, 6.45) is 12.1. The molecule has 4 heteroatoms. The van der Waals surface area contributed by atoms with Crippen LogP contribution >= 0.6 is 0 Å². The van der Waals surface area contributed by atoms with E-state index in [0.717, 1.165) is 26.2 Å². The third-order valence-electron chi connectivity index (χ3n) is 3.24. The van der Waals surface area contributed by atoms with Crippen LogP contribution in [0.3, 0.4) is 0 Å². The summed E-state index contributed by atoms with van der Waals surface area (Å²) < 4.78 is 7.06. The van der Waals surface area contributed by atoms with Crippen molar-refractivity contribution in [3.63, 3.8) is 0 Å². The molecule has 19 heavy (non-hydrogen) atoms. The van der Waals surface area contributed by atoms with Gasteiger partial charge in [-0.25, -0.2) is 0 Å². The fourth-order valence-corrected chi connectivity index (χ4v) is 2.08. The zero-order valence-electron chi connectivity index (χ0n) is 12.5. The van der Waals surface area contributed by atoms with Crippen molar-refractivity contribution in [3.8, 4) is 0 Å². The molecule has 0 atom stereocenters. The normalized spacial score (nSPS) is 11.1.